The van der Waals surface area contributed by atoms with Crippen molar-refractivity contribution < 1.29 is 14.0 Å². The number of carbonyl (C=O) groups is 1. The summed E-state index contributed by atoms with van der Waals surface area (Å²) in [5.74, 6) is 0.465. The molecule has 0 amide bonds. The smallest absolute Gasteiger partial charge is 0.336 e. The van der Waals surface area contributed by atoms with Crippen LogP contribution in [-0.2, 0) is 14.0 Å². The first kappa shape index (κ1) is 15.4. The van der Waals surface area contributed by atoms with Crippen LogP contribution in [0.15, 0.2) is 11.3 Å². The molecule has 0 fully saturated rings. The van der Waals surface area contributed by atoms with Crippen LogP contribution >= 0.6 is 0 Å². The molecule has 0 aromatic carbocycles. The average Bonchev–Trinajstić information content (AvgIpc) is 2.13. The maximum Gasteiger partial charge on any atom is 0.336 e. The lowest BCUT2D eigenvalue weighted by atomic mass is 10.3. The van der Waals surface area contributed by atoms with Gasteiger partial charge in [0.25, 0.3) is 0 Å². The molecule has 0 aliphatic carbocycles. The summed E-state index contributed by atoms with van der Waals surface area (Å²) in [6.45, 7) is 11.9. The van der Waals surface area contributed by atoms with Crippen LogP contribution in [0.25, 0.3) is 0 Å². The fourth-order valence-corrected chi connectivity index (χ4v) is 2.32. The molecule has 0 radical (unpaired) electrons. The monoisotopic (exact) mass is 260 g/mol. The number of rotatable bonds is 5. The predicted octanol–water partition coefficient (Wildman–Crippen LogP) is 1.78. The van der Waals surface area contributed by atoms with Gasteiger partial charge in [-0.05, 0) is 39.9 Å². The minimum atomic E-state index is -1.63. The number of carbonyl (C=O) groups excluding carboxylic acids is 1. The van der Waals surface area contributed by atoms with Crippen LogP contribution in [0, 0.1) is 0 Å². The summed E-state index contributed by atoms with van der Waals surface area (Å²) in [7, 11) is -0.760. The minimum absolute atomic E-state index is 0.0992. The van der Waals surface area contributed by atoms with Gasteiger partial charge in [-0.25, -0.2) is 4.79 Å². The molecule has 0 N–H and O–H groups in total. The van der Waals surface area contributed by atoms with E-state index < -0.39 is 8.32 Å². The number of hydrogen-bond donors (Lipinski definition) is 0. The Labute approximate surface area is 103 Å². The van der Waals surface area contributed by atoms with Crippen molar-refractivity contribution in [3.8, 4) is 0 Å². The van der Waals surface area contributed by atoms with Crippen molar-refractivity contribution in [2.75, 3.05) is 0 Å². The van der Waals surface area contributed by atoms with Gasteiger partial charge < -0.3 is 9.16 Å². The number of hydrogen-bond acceptors (Lipinski definition) is 3. The van der Waals surface area contributed by atoms with Crippen molar-refractivity contribution >= 4 is 24.5 Å². The maximum atomic E-state index is 11.7. The molecule has 3 nitrogen and oxygen atoms in total. The van der Waals surface area contributed by atoms with E-state index in [1.807, 2.05) is 13.8 Å². The van der Waals surface area contributed by atoms with Gasteiger partial charge in [0.15, 0.2) is 0 Å². The van der Waals surface area contributed by atoms with Crippen molar-refractivity contribution in [2.45, 2.75) is 52.6 Å². The van der Waals surface area contributed by atoms with E-state index in [2.05, 4.69) is 19.6 Å². The van der Waals surface area contributed by atoms with Gasteiger partial charge in [-0.2, -0.15) is 0 Å². The Hall–Kier alpha value is -0.556. The zero-order valence-corrected chi connectivity index (χ0v) is 14.5. The molecule has 0 aromatic heterocycles. The van der Waals surface area contributed by atoms with Gasteiger partial charge in [0.2, 0.25) is 8.32 Å². The molecular formula is C11H24O3Si2. The second kappa shape index (κ2) is 6.25. The summed E-state index contributed by atoms with van der Waals surface area (Å²) in [6.07, 6.45) is 0.888. The van der Waals surface area contributed by atoms with Gasteiger partial charge in [-0.15, -0.1) is 0 Å². The molecule has 0 aromatic rings. The molecule has 94 valence electrons. The van der Waals surface area contributed by atoms with Crippen molar-refractivity contribution in [1.82, 2.24) is 0 Å². The minimum Gasteiger partial charge on any atom is -0.547 e. The van der Waals surface area contributed by atoms with E-state index in [4.69, 9.17) is 9.16 Å². The second-order valence-electron chi connectivity index (χ2n) is 5.02. The Morgan fingerprint density at radius 1 is 1.31 bits per heavy atom. The highest BCUT2D eigenvalue weighted by Crippen LogP contribution is 2.15. The molecule has 0 heterocycles. The summed E-state index contributed by atoms with van der Waals surface area (Å²) in [6, 6.07) is 0. The van der Waals surface area contributed by atoms with Gasteiger partial charge in [-0.3, -0.25) is 0 Å². The quantitative estimate of drug-likeness (QED) is 0.327. The first-order valence-corrected chi connectivity index (χ1v) is 10.3. The van der Waals surface area contributed by atoms with E-state index in [9.17, 15) is 4.79 Å². The predicted molar refractivity (Wildman–Crippen MR) is 72.9 cm³/mol. The van der Waals surface area contributed by atoms with Crippen LogP contribution in [0.1, 0.15) is 27.2 Å². The lowest BCUT2D eigenvalue weighted by Crippen LogP contribution is -2.26. The fourth-order valence-electron chi connectivity index (χ4n) is 1.03. The van der Waals surface area contributed by atoms with Crippen LogP contribution in [0.3, 0.4) is 0 Å². The van der Waals surface area contributed by atoms with E-state index >= 15 is 0 Å². The first-order valence-electron chi connectivity index (χ1n) is 5.74. The molecule has 0 aliphatic heterocycles. The van der Waals surface area contributed by atoms with Gasteiger partial charge in [0.1, 0.15) is 0 Å². The first-order chi connectivity index (χ1) is 7.17. The zero-order chi connectivity index (χ0) is 12.9. The van der Waals surface area contributed by atoms with Crippen LogP contribution in [0.2, 0.25) is 19.6 Å². The van der Waals surface area contributed by atoms with Crippen molar-refractivity contribution in [1.29, 1.82) is 0 Å². The van der Waals surface area contributed by atoms with Gasteiger partial charge in [-0.1, -0.05) is 6.92 Å². The molecule has 0 spiro atoms. The van der Waals surface area contributed by atoms with E-state index in [1.165, 1.54) is 0 Å². The number of allylic oxidation sites excluding steroid dienone is 1. The topological polar surface area (TPSA) is 35.5 Å². The third-order valence-corrected chi connectivity index (χ3v) is 4.15. The van der Waals surface area contributed by atoms with Crippen LogP contribution in [-0.4, -0.2) is 30.3 Å². The Balaban J connectivity index is 4.56. The summed E-state index contributed by atoms with van der Waals surface area (Å²) in [4.78, 5) is 11.7. The molecule has 0 aliphatic rings. The number of ether oxygens (including phenoxy) is 1. The third kappa shape index (κ3) is 6.12. The summed E-state index contributed by atoms with van der Waals surface area (Å²) in [5.41, 5.74) is 0.693. The van der Waals surface area contributed by atoms with Gasteiger partial charge >= 0.3 is 5.97 Å². The molecule has 5 heteroatoms. The fraction of sp³-hybridized carbons (Fsp3) is 0.727. The molecule has 0 bridgehead atoms. The largest absolute Gasteiger partial charge is 0.547 e. The maximum absolute atomic E-state index is 11.7. The SMILES string of the molecule is CCC([SiH3])OC(=O)C(C)=C(C)O[Si](C)(C)C. The molecule has 1 unspecified atom stereocenters. The molecule has 0 saturated heterocycles. The lowest BCUT2D eigenvalue weighted by Gasteiger charge is -2.21. The van der Waals surface area contributed by atoms with Crippen molar-refractivity contribution in [2.24, 2.45) is 0 Å². The second-order valence-corrected chi connectivity index (χ2v) is 10.7. The van der Waals surface area contributed by atoms with Gasteiger partial charge in [0.05, 0.1) is 27.3 Å². The number of esters is 1. The molecular weight excluding hydrogens is 236 g/mol. The van der Waals surface area contributed by atoms with E-state index in [0.29, 0.717) is 11.3 Å². The summed E-state index contributed by atoms with van der Waals surface area (Å²) < 4.78 is 11.1. The highest BCUT2D eigenvalue weighted by molar-refractivity contribution is 6.70. The highest BCUT2D eigenvalue weighted by atomic mass is 28.4. The molecule has 0 rings (SSSR count). The van der Waals surface area contributed by atoms with Crippen molar-refractivity contribution in [3.63, 3.8) is 0 Å². The van der Waals surface area contributed by atoms with Crippen LogP contribution < -0.4 is 0 Å². The lowest BCUT2D eigenvalue weighted by molar-refractivity contribution is -0.141. The standard InChI is InChI=1S/C11H24O3Si2/c1-7-10(15)13-11(12)8(2)9(3)14-16(4,5)6/h10H,7H2,1-6,15H3. The Morgan fingerprint density at radius 2 is 1.81 bits per heavy atom. The molecule has 0 saturated carbocycles. The Morgan fingerprint density at radius 3 is 2.19 bits per heavy atom. The average molecular weight is 260 g/mol. The van der Waals surface area contributed by atoms with Gasteiger partial charge in [0, 0.05) is 0 Å². The Bertz CT molecular complexity index is 279. The molecule has 16 heavy (non-hydrogen) atoms. The summed E-state index contributed by atoms with van der Waals surface area (Å²) >= 11 is 0. The Kier molecular flexibility index (Phi) is 6.03. The van der Waals surface area contributed by atoms with E-state index in [-0.39, 0.29) is 11.7 Å². The normalized spacial score (nSPS) is 15.4. The third-order valence-electron chi connectivity index (χ3n) is 2.18. The highest BCUT2D eigenvalue weighted by Gasteiger charge is 2.20. The zero-order valence-electron chi connectivity index (χ0n) is 11.5. The summed E-state index contributed by atoms with van der Waals surface area (Å²) in [5, 5.41) is 0. The van der Waals surface area contributed by atoms with E-state index in [1.54, 1.807) is 6.92 Å². The van der Waals surface area contributed by atoms with Crippen LogP contribution in [0.5, 0.6) is 0 Å². The van der Waals surface area contributed by atoms with Crippen LogP contribution in [0.4, 0.5) is 0 Å². The van der Waals surface area contributed by atoms with E-state index in [0.717, 1.165) is 16.7 Å². The van der Waals surface area contributed by atoms with Crippen molar-refractivity contribution in [3.05, 3.63) is 11.3 Å². The molecule has 1 atom stereocenters.